The van der Waals surface area contributed by atoms with E-state index in [1.165, 1.54) is 37.9 Å². The zero-order valence-corrected chi connectivity index (χ0v) is 11.4. The van der Waals surface area contributed by atoms with Gasteiger partial charge in [-0.3, -0.25) is 0 Å². The second-order valence-corrected chi connectivity index (χ2v) is 6.39. The predicted octanol–water partition coefficient (Wildman–Crippen LogP) is 3.69. The molecule has 0 heterocycles. The Kier molecular flexibility index (Phi) is 6.74. The summed E-state index contributed by atoms with van der Waals surface area (Å²) in [5.74, 6) is 2.21. The molecular weight excluding hydrogens is 202 g/mol. The lowest BCUT2D eigenvalue weighted by Crippen LogP contribution is -2.40. The molecule has 1 aliphatic rings. The van der Waals surface area contributed by atoms with E-state index in [0.29, 0.717) is 0 Å². The molecule has 0 bridgehead atoms. The highest BCUT2D eigenvalue weighted by atomic mass is 32.2. The van der Waals surface area contributed by atoms with E-state index >= 15 is 0 Å². The Labute approximate surface area is 99.8 Å². The fourth-order valence-electron chi connectivity index (χ4n) is 2.25. The molecule has 1 nitrogen and oxygen atoms in total. The number of hydrogen-bond acceptors (Lipinski definition) is 2. The van der Waals surface area contributed by atoms with Gasteiger partial charge in [0, 0.05) is 11.3 Å². The fourth-order valence-corrected chi connectivity index (χ4v) is 3.96. The van der Waals surface area contributed by atoms with E-state index in [0.717, 1.165) is 23.8 Å². The van der Waals surface area contributed by atoms with Crippen LogP contribution in [0.25, 0.3) is 0 Å². The Morgan fingerprint density at radius 2 is 2.00 bits per heavy atom. The van der Waals surface area contributed by atoms with Crippen LogP contribution in [-0.2, 0) is 0 Å². The van der Waals surface area contributed by atoms with Crippen molar-refractivity contribution in [3.05, 3.63) is 0 Å². The third-order valence-electron chi connectivity index (χ3n) is 3.20. The first-order valence-electron chi connectivity index (χ1n) is 6.59. The molecule has 0 radical (unpaired) electrons. The van der Waals surface area contributed by atoms with Gasteiger partial charge in [0.2, 0.25) is 0 Å². The lowest BCUT2D eigenvalue weighted by Gasteiger charge is -2.31. The maximum absolute atomic E-state index is 3.65. The lowest BCUT2D eigenvalue weighted by molar-refractivity contribution is 0.390. The van der Waals surface area contributed by atoms with Gasteiger partial charge in [0.05, 0.1) is 0 Å². The van der Waals surface area contributed by atoms with Crippen molar-refractivity contribution in [2.24, 2.45) is 5.92 Å². The number of thioether (sulfide) groups is 1. The molecule has 0 aromatic heterocycles. The normalized spacial score (nSPS) is 27.2. The first-order chi connectivity index (χ1) is 7.24. The minimum atomic E-state index is 0.793. The van der Waals surface area contributed by atoms with Gasteiger partial charge in [-0.15, -0.1) is 0 Å². The highest BCUT2D eigenvalue weighted by Gasteiger charge is 2.24. The molecule has 1 rings (SSSR count). The average Bonchev–Trinajstić information content (AvgIpc) is 2.20. The molecule has 0 aromatic rings. The molecule has 1 saturated carbocycles. The van der Waals surface area contributed by atoms with Gasteiger partial charge < -0.3 is 5.32 Å². The quantitative estimate of drug-likeness (QED) is 0.745. The van der Waals surface area contributed by atoms with Crippen molar-refractivity contribution in [3.8, 4) is 0 Å². The Morgan fingerprint density at radius 3 is 2.67 bits per heavy atom. The summed E-state index contributed by atoms with van der Waals surface area (Å²) in [6.45, 7) is 8.00. The molecule has 1 fully saturated rings. The average molecular weight is 229 g/mol. The van der Waals surface area contributed by atoms with Crippen LogP contribution in [0.4, 0.5) is 0 Å². The molecule has 2 heteroatoms. The fraction of sp³-hybridized carbons (Fsp3) is 1.00. The molecule has 0 saturated heterocycles. The zero-order chi connectivity index (χ0) is 11.1. The standard InChI is InChI=1S/C13H27NS/c1-4-14-12-7-5-6-8-13(12)15-10-9-11(2)3/h11-14H,4-10H2,1-3H3. The number of nitrogens with one attached hydrogen (secondary N) is 1. The third kappa shape index (κ3) is 5.26. The zero-order valence-electron chi connectivity index (χ0n) is 10.6. The van der Waals surface area contributed by atoms with Crippen LogP contribution >= 0.6 is 11.8 Å². The van der Waals surface area contributed by atoms with Crippen molar-refractivity contribution in [3.63, 3.8) is 0 Å². The second kappa shape index (κ2) is 7.56. The van der Waals surface area contributed by atoms with Crippen molar-refractivity contribution in [2.45, 2.75) is 64.2 Å². The summed E-state index contributed by atoms with van der Waals surface area (Å²) in [5, 5.41) is 4.54. The van der Waals surface area contributed by atoms with E-state index in [4.69, 9.17) is 0 Å². The van der Waals surface area contributed by atoms with E-state index in [2.05, 4.69) is 37.8 Å². The monoisotopic (exact) mass is 229 g/mol. The molecule has 0 aliphatic heterocycles. The van der Waals surface area contributed by atoms with Crippen molar-refractivity contribution in [2.75, 3.05) is 12.3 Å². The SMILES string of the molecule is CCNC1CCCCC1SCCC(C)C. The van der Waals surface area contributed by atoms with Gasteiger partial charge in [-0.05, 0) is 37.5 Å². The van der Waals surface area contributed by atoms with Crippen molar-refractivity contribution in [1.82, 2.24) is 5.32 Å². The Morgan fingerprint density at radius 1 is 1.27 bits per heavy atom. The first-order valence-corrected chi connectivity index (χ1v) is 7.64. The molecule has 0 spiro atoms. The smallest absolute Gasteiger partial charge is 0.0201 e. The van der Waals surface area contributed by atoms with Gasteiger partial charge in [0.1, 0.15) is 0 Å². The highest BCUT2D eigenvalue weighted by molar-refractivity contribution is 7.99. The van der Waals surface area contributed by atoms with Crippen LogP contribution in [0.5, 0.6) is 0 Å². The van der Waals surface area contributed by atoms with Crippen LogP contribution < -0.4 is 5.32 Å². The predicted molar refractivity (Wildman–Crippen MR) is 71.6 cm³/mol. The largest absolute Gasteiger partial charge is 0.313 e. The van der Waals surface area contributed by atoms with Gasteiger partial charge in [-0.1, -0.05) is 33.6 Å². The summed E-state index contributed by atoms with van der Waals surface area (Å²) in [6, 6.07) is 0.793. The van der Waals surface area contributed by atoms with Crippen LogP contribution in [0, 0.1) is 5.92 Å². The Bertz CT molecular complexity index is 157. The molecule has 1 N–H and O–H groups in total. The van der Waals surface area contributed by atoms with Crippen molar-refractivity contribution < 1.29 is 0 Å². The second-order valence-electron chi connectivity index (χ2n) is 5.04. The number of rotatable bonds is 6. The van der Waals surface area contributed by atoms with E-state index < -0.39 is 0 Å². The molecular formula is C13H27NS. The molecule has 2 atom stereocenters. The van der Waals surface area contributed by atoms with Gasteiger partial charge in [0.15, 0.2) is 0 Å². The van der Waals surface area contributed by atoms with Crippen LogP contribution in [0.1, 0.15) is 52.9 Å². The molecule has 2 unspecified atom stereocenters. The summed E-state index contributed by atoms with van der Waals surface area (Å²) >= 11 is 2.21. The maximum atomic E-state index is 3.65. The van der Waals surface area contributed by atoms with Crippen LogP contribution in [0.15, 0.2) is 0 Å². The van der Waals surface area contributed by atoms with Gasteiger partial charge >= 0.3 is 0 Å². The Balaban J connectivity index is 2.23. The minimum absolute atomic E-state index is 0.793. The van der Waals surface area contributed by atoms with E-state index in [1.54, 1.807) is 0 Å². The van der Waals surface area contributed by atoms with Crippen molar-refractivity contribution >= 4 is 11.8 Å². The summed E-state index contributed by atoms with van der Waals surface area (Å²) in [5.41, 5.74) is 0. The highest BCUT2D eigenvalue weighted by Crippen LogP contribution is 2.29. The molecule has 15 heavy (non-hydrogen) atoms. The molecule has 0 amide bonds. The van der Waals surface area contributed by atoms with Crippen LogP contribution in [0.3, 0.4) is 0 Å². The van der Waals surface area contributed by atoms with Crippen LogP contribution in [-0.4, -0.2) is 23.6 Å². The van der Waals surface area contributed by atoms with E-state index in [1.807, 2.05) is 0 Å². The number of hydrogen-bond donors (Lipinski definition) is 1. The Hall–Kier alpha value is 0.310. The van der Waals surface area contributed by atoms with E-state index in [9.17, 15) is 0 Å². The van der Waals surface area contributed by atoms with E-state index in [-0.39, 0.29) is 0 Å². The topological polar surface area (TPSA) is 12.0 Å². The summed E-state index contributed by atoms with van der Waals surface area (Å²) in [6.07, 6.45) is 7.08. The molecule has 90 valence electrons. The lowest BCUT2D eigenvalue weighted by atomic mass is 9.95. The first kappa shape index (κ1) is 13.4. The molecule has 1 aliphatic carbocycles. The summed E-state index contributed by atoms with van der Waals surface area (Å²) in [4.78, 5) is 0. The summed E-state index contributed by atoms with van der Waals surface area (Å²) in [7, 11) is 0. The summed E-state index contributed by atoms with van der Waals surface area (Å²) < 4.78 is 0. The minimum Gasteiger partial charge on any atom is -0.313 e. The maximum Gasteiger partial charge on any atom is 0.0201 e. The van der Waals surface area contributed by atoms with Gasteiger partial charge in [-0.25, -0.2) is 0 Å². The van der Waals surface area contributed by atoms with Gasteiger partial charge in [0.25, 0.3) is 0 Å². The van der Waals surface area contributed by atoms with Gasteiger partial charge in [-0.2, -0.15) is 11.8 Å². The van der Waals surface area contributed by atoms with Crippen molar-refractivity contribution in [1.29, 1.82) is 0 Å². The molecule has 0 aromatic carbocycles. The van der Waals surface area contributed by atoms with Crippen LogP contribution in [0.2, 0.25) is 0 Å². The third-order valence-corrected chi connectivity index (χ3v) is 4.66.